The molecule has 2 N–H and O–H groups in total. The predicted octanol–water partition coefficient (Wildman–Crippen LogP) is 2.39. The van der Waals surface area contributed by atoms with Crippen LogP contribution in [0, 0.1) is 0 Å². The highest BCUT2D eigenvalue weighted by atomic mass is 16.6. The maximum absolute atomic E-state index is 12.1. The Balaban J connectivity index is 1.79. The largest absolute Gasteiger partial charge is 0.444 e. The molecule has 22 heavy (non-hydrogen) atoms. The van der Waals surface area contributed by atoms with E-state index in [0.717, 1.165) is 11.0 Å². The molecule has 3 rings (SSSR count). The Bertz CT molecular complexity index is 671. The number of carbonyl (C=O) groups excluding carboxylic acids is 1. The molecule has 0 aliphatic carbocycles. The molecule has 1 amide bonds. The quantitative estimate of drug-likeness (QED) is 0.848. The Morgan fingerprint density at radius 3 is 2.95 bits per heavy atom. The third-order valence-electron chi connectivity index (χ3n) is 3.79. The van der Waals surface area contributed by atoms with Gasteiger partial charge in [-0.3, -0.25) is 4.98 Å². The number of carbonyl (C=O) groups is 1. The lowest BCUT2D eigenvalue weighted by atomic mass is 9.99. The molecule has 0 radical (unpaired) electrons. The molecule has 1 unspecified atom stereocenters. The zero-order chi connectivity index (χ0) is 16.0. The number of nitrogens with zero attached hydrogens (tertiary/aromatic N) is 2. The molecule has 3 heterocycles. The number of H-pyrrole nitrogens is 1. The second-order valence-corrected chi connectivity index (χ2v) is 6.80. The number of fused-ring (bicyclic) bond motifs is 1. The number of aromatic amines is 1. The first kappa shape index (κ1) is 14.8. The highest BCUT2D eigenvalue weighted by Crippen LogP contribution is 2.33. The van der Waals surface area contributed by atoms with Crippen LogP contribution in [0.3, 0.4) is 0 Å². The van der Waals surface area contributed by atoms with Gasteiger partial charge in [-0.15, -0.1) is 0 Å². The van der Waals surface area contributed by atoms with Gasteiger partial charge in [0.15, 0.2) is 0 Å². The number of ether oxygens (including phenoxy) is 1. The number of aromatic nitrogens is 2. The molecule has 0 aromatic carbocycles. The SMILES string of the molecule is CC(C)(C)OC(=O)N1CCC(O)(c2cc3ncccc3[nH]2)C1. The smallest absolute Gasteiger partial charge is 0.410 e. The topological polar surface area (TPSA) is 78.4 Å². The van der Waals surface area contributed by atoms with E-state index in [9.17, 15) is 9.90 Å². The molecule has 1 atom stereocenters. The molecule has 1 saturated heterocycles. The molecule has 1 aliphatic rings. The molecule has 0 spiro atoms. The molecule has 2 aromatic heterocycles. The van der Waals surface area contributed by atoms with E-state index >= 15 is 0 Å². The van der Waals surface area contributed by atoms with Crippen molar-refractivity contribution in [2.75, 3.05) is 13.1 Å². The normalized spacial score (nSPS) is 22.3. The molecule has 0 saturated carbocycles. The van der Waals surface area contributed by atoms with Crippen LogP contribution in [0.2, 0.25) is 0 Å². The van der Waals surface area contributed by atoms with E-state index in [4.69, 9.17) is 4.74 Å². The number of nitrogens with one attached hydrogen (secondary N) is 1. The summed E-state index contributed by atoms with van der Waals surface area (Å²) in [5.74, 6) is 0. The average Bonchev–Trinajstić information content (AvgIpc) is 3.01. The standard InChI is InChI=1S/C16H21N3O3/c1-15(2,3)22-14(20)19-8-6-16(21,10-19)13-9-12-11(18-13)5-4-7-17-12/h4-5,7,9,18,21H,6,8,10H2,1-3H3. The maximum atomic E-state index is 12.1. The maximum Gasteiger partial charge on any atom is 0.410 e. The molecule has 6 nitrogen and oxygen atoms in total. The van der Waals surface area contributed by atoms with E-state index in [1.165, 1.54) is 0 Å². The summed E-state index contributed by atoms with van der Waals surface area (Å²) in [5.41, 5.74) is 0.746. The number of β-amino-alcohol motifs (C(OH)–C–C–N with tert-alkyl or cyclic N) is 1. The molecule has 0 bridgehead atoms. The summed E-state index contributed by atoms with van der Waals surface area (Å²) in [7, 11) is 0. The monoisotopic (exact) mass is 303 g/mol. The third-order valence-corrected chi connectivity index (χ3v) is 3.79. The van der Waals surface area contributed by atoms with Gasteiger partial charge in [0.1, 0.15) is 11.2 Å². The van der Waals surface area contributed by atoms with Crippen molar-refractivity contribution in [3.05, 3.63) is 30.1 Å². The lowest BCUT2D eigenvalue weighted by molar-refractivity contribution is 0.0129. The summed E-state index contributed by atoms with van der Waals surface area (Å²) < 4.78 is 5.36. The summed E-state index contributed by atoms with van der Waals surface area (Å²) in [6.07, 6.45) is 1.79. The Morgan fingerprint density at radius 2 is 2.27 bits per heavy atom. The molecule has 2 aromatic rings. The summed E-state index contributed by atoms with van der Waals surface area (Å²) in [5, 5.41) is 10.9. The fraction of sp³-hybridized carbons (Fsp3) is 0.500. The average molecular weight is 303 g/mol. The number of rotatable bonds is 1. The molecular formula is C16H21N3O3. The van der Waals surface area contributed by atoms with Crippen LogP contribution in [0.5, 0.6) is 0 Å². The first-order valence-corrected chi connectivity index (χ1v) is 7.41. The van der Waals surface area contributed by atoms with E-state index in [1.54, 1.807) is 11.1 Å². The molecule has 118 valence electrons. The van der Waals surface area contributed by atoms with Crippen molar-refractivity contribution in [3.63, 3.8) is 0 Å². The highest BCUT2D eigenvalue weighted by Gasteiger charge is 2.42. The Kier molecular flexibility index (Phi) is 3.36. The van der Waals surface area contributed by atoms with Crippen molar-refractivity contribution in [1.29, 1.82) is 0 Å². The molecule has 6 heteroatoms. The number of pyridine rings is 1. The van der Waals surface area contributed by atoms with Crippen molar-refractivity contribution in [2.45, 2.75) is 38.4 Å². The van der Waals surface area contributed by atoms with Crippen LogP contribution in [-0.2, 0) is 10.3 Å². The highest BCUT2D eigenvalue weighted by molar-refractivity contribution is 5.76. The van der Waals surface area contributed by atoms with Crippen molar-refractivity contribution in [2.24, 2.45) is 0 Å². The number of amides is 1. The third kappa shape index (κ3) is 2.78. The van der Waals surface area contributed by atoms with Gasteiger partial charge < -0.3 is 19.7 Å². The number of hydrogen-bond donors (Lipinski definition) is 2. The van der Waals surface area contributed by atoms with Gasteiger partial charge in [0.25, 0.3) is 0 Å². The van der Waals surface area contributed by atoms with Crippen molar-refractivity contribution in [1.82, 2.24) is 14.9 Å². The summed E-state index contributed by atoms with van der Waals surface area (Å²) in [6.45, 7) is 6.17. The minimum Gasteiger partial charge on any atom is -0.444 e. The van der Waals surface area contributed by atoms with Gasteiger partial charge in [0.05, 0.1) is 23.3 Å². The van der Waals surface area contributed by atoms with Gasteiger partial charge >= 0.3 is 6.09 Å². The van der Waals surface area contributed by atoms with Crippen LogP contribution in [0.15, 0.2) is 24.4 Å². The van der Waals surface area contributed by atoms with Crippen molar-refractivity contribution < 1.29 is 14.6 Å². The zero-order valence-electron chi connectivity index (χ0n) is 13.1. The van der Waals surface area contributed by atoms with Crippen LogP contribution < -0.4 is 0 Å². The minimum absolute atomic E-state index is 0.217. The first-order chi connectivity index (χ1) is 10.3. The number of likely N-dealkylation sites (tertiary alicyclic amines) is 1. The molecule has 1 fully saturated rings. The number of aliphatic hydroxyl groups is 1. The lowest BCUT2D eigenvalue weighted by Crippen LogP contribution is -2.38. The fourth-order valence-corrected chi connectivity index (χ4v) is 2.70. The van der Waals surface area contributed by atoms with E-state index in [0.29, 0.717) is 18.7 Å². The van der Waals surface area contributed by atoms with E-state index in [-0.39, 0.29) is 6.54 Å². The second-order valence-electron chi connectivity index (χ2n) is 6.80. The zero-order valence-corrected chi connectivity index (χ0v) is 13.1. The van der Waals surface area contributed by atoms with E-state index in [1.807, 2.05) is 39.0 Å². The second kappa shape index (κ2) is 4.98. The fourth-order valence-electron chi connectivity index (χ4n) is 2.70. The summed E-state index contributed by atoms with van der Waals surface area (Å²) >= 11 is 0. The first-order valence-electron chi connectivity index (χ1n) is 7.41. The van der Waals surface area contributed by atoms with Crippen molar-refractivity contribution >= 4 is 17.1 Å². The molecule has 1 aliphatic heterocycles. The van der Waals surface area contributed by atoms with Crippen LogP contribution in [0.1, 0.15) is 32.9 Å². The van der Waals surface area contributed by atoms with Crippen molar-refractivity contribution in [3.8, 4) is 0 Å². The Morgan fingerprint density at radius 1 is 1.50 bits per heavy atom. The van der Waals surface area contributed by atoms with Crippen LogP contribution in [0.4, 0.5) is 4.79 Å². The van der Waals surface area contributed by atoms with Gasteiger partial charge in [0, 0.05) is 19.2 Å². The van der Waals surface area contributed by atoms with E-state index < -0.39 is 17.3 Å². The van der Waals surface area contributed by atoms with Crippen LogP contribution in [-0.4, -0.2) is 44.8 Å². The Hall–Kier alpha value is -2.08. The summed E-state index contributed by atoms with van der Waals surface area (Å²) in [6, 6.07) is 5.60. The van der Waals surface area contributed by atoms with Gasteiger partial charge in [-0.1, -0.05) is 0 Å². The molecular weight excluding hydrogens is 282 g/mol. The lowest BCUT2D eigenvalue weighted by Gasteiger charge is -2.26. The van der Waals surface area contributed by atoms with Gasteiger partial charge in [-0.05, 0) is 39.0 Å². The number of hydrogen-bond acceptors (Lipinski definition) is 4. The predicted molar refractivity (Wildman–Crippen MR) is 82.4 cm³/mol. The van der Waals surface area contributed by atoms with Gasteiger partial charge in [-0.25, -0.2) is 4.79 Å². The summed E-state index contributed by atoms with van der Waals surface area (Å²) in [4.78, 5) is 21.1. The Labute approximate surface area is 129 Å². The van der Waals surface area contributed by atoms with Gasteiger partial charge in [0.2, 0.25) is 0 Å². The van der Waals surface area contributed by atoms with Crippen LogP contribution >= 0.6 is 0 Å². The van der Waals surface area contributed by atoms with Gasteiger partial charge in [-0.2, -0.15) is 0 Å². The van der Waals surface area contributed by atoms with E-state index in [2.05, 4.69) is 9.97 Å². The minimum atomic E-state index is -1.09. The van der Waals surface area contributed by atoms with Crippen LogP contribution in [0.25, 0.3) is 11.0 Å².